The fraction of sp³-hybridized carbons (Fsp3) is 0.111. The van der Waals surface area contributed by atoms with E-state index in [0.29, 0.717) is 17.9 Å². The van der Waals surface area contributed by atoms with Crippen LogP contribution >= 0.6 is 0 Å². The van der Waals surface area contributed by atoms with Gasteiger partial charge < -0.3 is 5.32 Å². The minimum Gasteiger partial charge on any atom is -0.305 e. The Labute approximate surface area is 133 Å². The van der Waals surface area contributed by atoms with Crippen LogP contribution in [0, 0.1) is 12.7 Å². The van der Waals surface area contributed by atoms with Gasteiger partial charge in [-0.25, -0.2) is 4.39 Å². The van der Waals surface area contributed by atoms with Crippen molar-refractivity contribution in [2.75, 3.05) is 5.32 Å². The average Bonchev–Trinajstić information content (AvgIpc) is 2.97. The second-order valence-electron chi connectivity index (χ2n) is 5.35. The summed E-state index contributed by atoms with van der Waals surface area (Å²) in [7, 11) is 0. The number of nitrogens with one attached hydrogen (secondary N) is 1. The number of nitrogens with zero attached hydrogens (tertiary/aromatic N) is 2. The number of aromatic nitrogens is 2. The number of carbonyl (C=O) groups is 1. The first-order valence-electron chi connectivity index (χ1n) is 7.26. The molecule has 23 heavy (non-hydrogen) atoms. The van der Waals surface area contributed by atoms with Crippen molar-refractivity contribution in [3.8, 4) is 0 Å². The van der Waals surface area contributed by atoms with E-state index < -0.39 is 0 Å². The third-order valence-electron chi connectivity index (χ3n) is 3.45. The highest BCUT2D eigenvalue weighted by atomic mass is 19.1. The van der Waals surface area contributed by atoms with Crippen LogP contribution in [0.1, 0.15) is 21.5 Å². The molecule has 0 aliphatic heterocycles. The number of benzene rings is 2. The van der Waals surface area contributed by atoms with Crippen molar-refractivity contribution in [1.82, 2.24) is 9.78 Å². The maximum Gasteiger partial charge on any atom is 0.256 e. The van der Waals surface area contributed by atoms with Gasteiger partial charge in [-0.05, 0) is 36.8 Å². The molecule has 3 rings (SSSR count). The van der Waals surface area contributed by atoms with Gasteiger partial charge in [0.05, 0.1) is 6.54 Å². The number of carbonyl (C=O) groups excluding carboxylic acids is 1. The fourth-order valence-electron chi connectivity index (χ4n) is 2.19. The Morgan fingerprint density at radius 3 is 2.48 bits per heavy atom. The van der Waals surface area contributed by atoms with Crippen LogP contribution < -0.4 is 5.32 Å². The zero-order valence-electron chi connectivity index (χ0n) is 12.7. The normalized spacial score (nSPS) is 10.5. The van der Waals surface area contributed by atoms with Crippen molar-refractivity contribution >= 4 is 11.7 Å². The molecule has 2 aromatic carbocycles. The van der Waals surface area contributed by atoms with Crippen LogP contribution in [-0.4, -0.2) is 15.7 Å². The predicted molar refractivity (Wildman–Crippen MR) is 86.9 cm³/mol. The van der Waals surface area contributed by atoms with E-state index in [1.54, 1.807) is 41.2 Å². The SMILES string of the molecule is Cc1ccc(C(=O)Nc2ccn(Cc3ccc(F)cc3)n2)cc1. The summed E-state index contributed by atoms with van der Waals surface area (Å²) >= 11 is 0. The Bertz CT molecular complexity index is 807. The van der Waals surface area contributed by atoms with Gasteiger partial charge in [-0.1, -0.05) is 29.8 Å². The molecule has 0 bridgehead atoms. The lowest BCUT2D eigenvalue weighted by atomic mass is 10.1. The van der Waals surface area contributed by atoms with Gasteiger partial charge in [-0.15, -0.1) is 0 Å². The summed E-state index contributed by atoms with van der Waals surface area (Å²) in [4.78, 5) is 12.1. The standard InChI is InChI=1S/C18H16FN3O/c1-13-2-6-15(7-3-13)18(23)20-17-10-11-22(21-17)12-14-4-8-16(19)9-5-14/h2-11H,12H2,1H3,(H,20,21,23). The van der Waals surface area contributed by atoms with E-state index in [4.69, 9.17) is 0 Å². The van der Waals surface area contributed by atoms with Crippen molar-refractivity contribution in [2.45, 2.75) is 13.5 Å². The molecule has 0 aliphatic rings. The lowest BCUT2D eigenvalue weighted by molar-refractivity contribution is 0.102. The number of aryl methyl sites for hydroxylation is 1. The summed E-state index contributed by atoms with van der Waals surface area (Å²) in [6.07, 6.45) is 1.77. The Morgan fingerprint density at radius 1 is 1.09 bits per heavy atom. The maximum absolute atomic E-state index is 12.9. The lowest BCUT2D eigenvalue weighted by Gasteiger charge is -2.03. The molecule has 0 saturated heterocycles. The summed E-state index contributed by atoms with van der Waals surface area (Å²) in [5.41, 5.74) is 2.62. The molecule has 1 amide bonds. The molecule has 0 aliphatic carbocycles. The summed E-state index contributed by atoms with van der Waals surface area (Å²) in [6.45, 7) is 2.49. The molecular weight excluding hydrogens is 293 g/mol. The van der Waals surface area contributed by atoms with E-state index in [9.17, 15) is 9.18 Å². The Kier molecular flexibility index (Phi) is 4.19. The quantitative estimate of drug-likeness (QED) is 0.800. The molecule has 1 heterocycles. The minimum atomic E-state index is -0.264. The molecule has 5 heteroatoms. The number of halogens is 1. The van der Waals surface area contributed by atoms with Crippen molar-refractivity contribution < 1.29 is 9.18 Å². The van der Waals surface area contributed by atoms with Gasteiger partial charge >= 0.3 is 0 Å². The highest BCUT2D eigenvalue weighted by molar-refractivity contribution is 6.03. The van der Waals surface area contributed by atoms with Crippen molar-refractivity contribution in [1.29, 1.82) is 0 Å². The van der Waals surface area contributed by atoms with Crippen LogP contribution in [0.4, 0.5) is 10.2 Å². The number of hydrogen-bond acceptors (Lipinski definition) is 2. The van der Waals surface area contributed by atoms with Crippen LogP contribution in [0.3, 0.4) is 0 Å². The molecule has 0 saturated carbocycles. The van der Waals surface area contributed by atoms with Crippen LogP contribution in [0.5, 0.6) is 0 Å². The first-order valence-corrected chi connectivity index (χ1v) is 7.26. The summed E-state index contributed by atoms with van der Waals surface area (Å²) < 4.78 is 14.6. The van der Waals surface area contributed by atoms with Gasteiger partial charge in [0.25, 0.3) is 5.91 Å². The van der Waals surface area contributed by atoms with Gasteiger partial charge in [-0.2, -0.15) is 5.10 Å². The molecule has 1 N–H and O–H groups in total. The molecule has 0 atom stereocenters. The Hall–Kier alpha value is -2.95. The fourth-order valence-corrected chi connectivity index (χ4v) is 2.19. The van der Waals surface area contributed by atoms with Crippen molar-refractivity contribution in [2.24, 2.45) is 0 Å². The third-order valence-corrected chi connectivity index (χ3v) is 3.45. The largest absolute Gasteiger partial charge is 0.305 e. The van der Waals surface area contributed by atoms with Crippen LogP contribution in [0.15, 0.2) is 60.8 Å². The molecular formula is C18H16FN3O. The van der Waals surface area contributed by atoms with E-state index in [1.165, 1.54) is 12.1 Å². The van der Waals surface area contributed by atoms with Crippen LogP contribution in [-0.2, 0) is 6.54 Å². The van der Waals surface area contributed by atoms with Gasteiger partial charge in [0.1, 0.15) is 5.82 Å². The smallest absolute Gasteiger partial charge is 0.256 e. The van der Waals surface area contributed by atoms with Crippen LogP contribution in [0.25, 0.3) is 0 Å². The van der Waals surface area contributed by atoms with E-state index in [2.05, 4.69) is 10.4 Å². The van der Waals surface area contributed by atoms with Gasteiger partial charge in [0.15, 0.2) is 5.82 Å². The van der Waals surface area contributed by atoms with E-state index in [0.717, 1.165) is 11.1 Å². The third kappa shape index (κ3) is 3.83. The second kappa shape index (κ2) is 6.44. The monoisotopic (exact) mass is 309 g/mol. The summed E-state index contributed by atoms with van der Waals surface area (Å²) in [5.74, 6) is 0.0231. The van der Waals surface area contributed by atoms with E-state index in [-0.39, 0.29) is 11.7 Å². The first kappa shape index (κ1) is 15.0. The van der Waals surface area contributed by atoms with E-state index in [1.807, 2.05) is 19.1 Å². The lowest BCUT2D eigenvalue weighted by Crippen LogP contribution is -2.12. The maximum atomic E-state index is 12.9. The number of rotatable bonds is 4. The van der Waals surface area contributed by atoms with Gasteiger partial charge in [0.2, 0.25) is 0 Å². The Morgan fingerprint density at radius 2 is 1.78 bits per heavy atom. The van der Waals surface area contributed by atoms with Crippen molar-refractivity contribution in [3.63, 3.8) is 0 Å². The summed E-state index contributed by atoms with van der Waals surface area (Å²) in [5, 5.41) is 7.06. The highest BCUT2D eigenvalue weighted by Gasteiger charge is 2.08. The van der Waals surface area contributed by atoms with Crippen molar-refractivity contribution in [3.05, 3.63) is 83.3 Å². The molecule has 0 unspecified atom stereocenters. The molecule has 116 valence electrons. The Balaban J connectivity index is 1.66. The zero-order valence-corrected chi connectivity index (χ0v) is 12.7. The molecule has 0 radical (unpaired) electrons. The number of hydrogen-bond donors (Lipinski definition) is 1. The summed E-state index contributed by atoms with van der Waals surface area (Å²) in [6, 6.07) is 15.3. The second-order valence-corrected chi connectivity index (χ2v) is 5.35. The highest BCUT2D eigenvalue weighted by Crippen LogP contribution is 2.10. The molecule has 0 fully saturated rings. The van der Waals surface area contributed by atoms with Gasteiger partial charge in [0, 0.05) is 17.8 Å². The molecule has 0 spiro atoms. The topological polar surface area (TPSA) is 46.9 Å². The van der Waals surface area contributed by atoms with Gasteiger partial charge in [-0.3, -0.25) is 9.48 Å². The van der Waals surface area contributed by atoms with E-state index >= 15 is 0 Å². The number of amides is 1. The van der Waals surface area contributed by atoms with Crippen LogP contribution in [0.2, 0.25) is 0 Å². The zero-order chi connectivity index (χ0) is 16.2. The average molecular weight is 309 g/mol. The predicted octanol–water partition coefficient (Wildman–Crippen LogP) is 3.63. The number of anilines is 1. The molecule has 4 nitrogen and oxygen atoms in total. The molecule has 1 aromatic heterocycles. The molecule has 3 aromatic rings. The minimum absolute atomic E-state index is 0.197. The first-order chi connectivity index (χ1) is 11.1.